The molecule has 98 valence electrons. The van der Waals surface area contributed by atoms with E-state index in [1.54, 1.807) is 54.2 Å². The molecule has 0 saturated heterocycles. The summed E-state index contributed by atoms with van der Waals surface area (Å²) in [5.41, 5.74) is 5.55. The maximum absolute atomic E-state index is 11.7. The molecule has 2 rings (SSSR count). The van der Waals surface area contributed by atoms with Gasteiger partial charge < -0.3 is 4.57 Å². The van der Waals surface area contributed by atoms with Crippen molar-refractivity contribution in [2.75, 3.05) is 0 Å². The molecule has 0 spiro atoms. The van der Waals surface area contributed by atoms with Gasteiger partial charge in [-0.3, -0.25) is 20.4 Å². The predicted octanol–water partition coefficient (Wildman–Crippen LogP) is 1.75. The Morgan fingerprint density at radius 1 is 1.05 bits per heavy atom. The van der Waals surface area contributed by atoms with Crippen molar-refractivity contribution in [3.8, 4) is 0 Å². The summed E-state index contributed by atoms with van der Waals surface area (Å²) in [6.45, 7) is 0. The van der Waals surface area contributed by atoms with Crippen LogP contribution in [-0.4, -0.2) is 16.4 Å². The maximum atomic E-state index is 11.7. The number of nitrogens with zero attached hydrogens (tertiary/aromatic N) is 1. The van der Waals surface area contributed by atoms with Crippen LogP contribution in [0.1, 0.15) is 20.8 Å². The third-order valence-electron chi connectivity index (χ3n) is 2.57. The molecule has 5 nitrogen and oxygen atoms in total. The number of rotatable bonds is 2. The number of carbonyl (C=O) groups excluding carboxylic acids is 2. The lowest BCUT2D eigenvalue weighted by Crippen LogP contribution is -2.42. The maximum Gasteiger partial charge on any atom is 0.286 e. The highest BCUT2D eigenvalue weighted by Crippen LogP contribution is 2.09. The molecule has 2 amide bonds. The van der Waals surface area contributed by atoms with Gasteiger partial charge in [-0.2, -0.15) is 0 Å². The number of hydrogen-bond acceptors (Lipinski definition) is 2. The molecule has 0 unspecified atom stereocenters. The van der Waals surface area contributed by atoms with Crippen LogP contribution in [0.15, 0.2) is 42.6 Å². The van der Waals surface area contributed by atoms with Crippen LogP contribution in [0, 0.1) is 0 Å². The van der Waals surface area contributed by atoms with Crippen LogP contribution in [-0.2, 0) is 7.05 Å². The van der Waals surface area contributed by atoms with Gasteiger partial charge in [-0.25, -0.2) is 0 Å². The van der Waals surface area contributed by atoms with Crippen LogP contribution < -0.4 is 10.9 Å². The van der Waals surface area contributed by atoms with Gasteiger partial charge in [0.25, 0.3) is 11.8 Å². The fourth-order valence-electron chi connectivity index (χ4n) is 1.55. The van der Waals surface area contributed by atoms with E-state index in [0.717, 1.165) is 0 Å². The van der Waals surface area contributed by atoms with Gasteiger partial charge in [-0.1, -0.05) is 11.6 Å². The van der Waals surface area contributed by atoms with E-state index >= 15 is 0 Å². The van der Waals surface area contributed by atoms with Crippen molar-refractivity contribution in [2.45, 2.75) is 0 Å². The highest BCUT2D eigenvalue weighted by Gasteiger charge is 2.10. The monoisotopic (exact) mass is 277 g/mol. The number of nitrogens with one attached hydrogen (secondary N) is 2. The largest absolute Gasteiger partial charge is 0.347 e. The summed E-state index contributed by atoms with van der Waals surface area (Å²) in [6, 6.07) is 9.77. The first-order chi connectivity index (χ1) is 9.08. The Balaban J connectivity index is 1.96. The Morgan fingerprint density at radius 3 is 2.26 bits per heavy atom. The molecule has 0 bridgehead atoms. The van der Waals surface area contributed by atoms with E-state index in [4.69, 9.17) is 11.6 Å². The molecule has 0 saturated carbocycles. The summed E-state index contributed by atoms with van der Waals surface area (Å²) in [4.78, 5) is 23.5. The van der Waals surface area contributed by atoms with Crippen LogP contribution in [0.5, 0.6) is 0 Å². The molecule has 1 aromatic heterocycles. The quantitative estimate of drug-likeness (QED) is 0.822. The zero-order chi connectivity index (χ0) is 13.8. The van der Waals surface area contributed by atoms with Gasteiger partial charge in [0.2, 0.25) is 0 Å². The van der Waals surface area contributed by atoms with E-state index in [9.17, 15) is 9.59 Å². The Bertz CT molecular complexity index is 605. The van der Waals surface area contributed by atoms with Crippen molar-refractivity contribution in [3.63, 3.8) is 0 Å². The van der Waals surface area contributed by atoms with Gasteiger partial charge >= 0.3 is 0 Å². The molecular formula is C13H12ClN3O2. The summed E-state index contributed by atoms with van der Waals surface area (Å²) < 4.78 is 1.66. The molecule has 0 radical (unpaired) electrons. The molecule has 19 heavy (non-hydrogen) atoms. The van der Waals surface area contributed by atoms with Crippen LogP contribution in [0.4, 0.5) is 0 Å². The molecule has 0 aliphatic heterocycles. The number of carbonyl (C=O) groups is 2. The van der Waals surface area contributed by atoms with Gasteiger partial charge in [-0.15, -0.1) is 0 Å². The Kier molecular flexibility index (Phi) is 3.87. The van der Waals surface area contributed by atoms with Crippen LogP contribution in [0.2, 0.25) is 5.02 Å². The second-order valence-electron chi connectivity index (χ2n) is 3.92. The molecule has 2 aromatic rings. The third kappa shape index (κ3) is 3.14. The first kappa shape index (κ1) is 13.2. The number of benzene rings is 1. The second kappa shape index (κ2) is 5.58. The van der Waals surface area contributed by atoms with Crippen molar-refractivity contribution in [1.82, 2.24) is 15.4 Å². The van der Waals surface area contributed by atoms with Crippen molar-refractivity contribution in [3.05, 3.63) is 58.9 Å². The molecule has 0 fully saturated rings. The first-order valence-electron chi connectivity index (χ1n) is 5.55. The molecule has 6 heteroatoms. The number of amides is 2. The van der Waals surface area contributed by atoms with Gasteiger partial charge in [0.15, 0.2) is 0 Å². The van der Waals surface area contributed by atoms with E-state index in [-0.39, 0.29) is 5.91 Å². The summed E-state index contributed by atoms with van der Waals surface area (Å²) in [7, 11) is 1.75. The molecule has 0 aliphatic carbocycles. The van der Waals surface area contributed by atoms with Gasteiger partial charge in [0.1, 0.15) is 5.69 Å². The standard InChI is InChI=1S/C13H12ClN3O2/c1-17-8-2-3-11(17)13(19)16-15-12(18)9-4-6-10(14)7-5-9/h2-8H,1H3,(H,15,18)(H,16,19). The van der Waals surface area contributed by atoms with Crippen molar-refractivity contribution in [2.24, 2.45) is 7.05 Å². The fourth-order valence-corrected chi connectivity index (χ4v) is 1.67. The topological polar surface area (TPSA) is 63.1 Å². The Hall–Kier alpha value is -2.27. The lowest BCUT2D eigenvalue weighted by molar-refractivity contribution is 0.0842. The van der Waals surface area contributed by atoms with Crippen LogP contribution in [0.3, 0.4) is 0 Å². The first-order valence-corrected chi connectivity index (χ1v) is 5.93. The van der Waals surface area contributed by atoms with Gasteiger partial charge in [0.05, 0.1) is 0 Å². The van der Waals surface area contributed by atoms with Crippen molar-refractivity contribution in [1.29, 1.82) is 0 Å². The average molecular weight is 278 g/mol. The Labute approximate surface area is 115 Å². The van der Waals surface area contributed by atoms with Gasteiger partial charge in [-0.05, 0) is 36.4 Å². The molecular weight excluding hydrogens is 266 g/mol. The number of aromatic nitrogens is 1. The smallest absolute Gasteiger partial charge is 0.286 e. The average Bonchev–Trinajstić information content (AvgIpc) is 2.83. The lowest BCUT2D eigenvalue weighted by Gasteiger charge is -2.08. The molecule has 2 N–H and O–H groups in total. The predicted molar refractivity (Wildman–Crippen MR) is 71.8 cm³/mol. The summed E-state index contributed by atoms with van der Waals surface area (Å²) in [6.07, 6.45) is 1.75. The molecule has 0 atom stereocenters. The minimum atomic E-state index is -0.403. The minimum absolute atomic E-state index is 0.380. The summed E-state index contributed by atoms with van der Waals surface area (Å²) in [5, 5.41) is 0.546. The normalized spacial score (nSPS) is 10.0. The summed E-state index contributed by atoms with van der Waals surface area (Å²) >= 11 is 5.72. The zero-order valence-corrected chi connectivity index (χ0v) is 10.9. The Morgan fingerprint density at radius 2 is 1.68 bits per heavy atom. The van der Waals surface area contributed by atoms with Gasteiger partial charge in [0, 0.05) is 23.8 Å². The SMILES string of the molecule is Cn1cccc1C(=O)NNC(=O)c1ccc(Cl)cc1. The minimum Gasteiger partial charge on any atom is -0.347 e. The van der Waals surface area contributed by atoms with E-state index in [1.807, 2.05) is 0 Å². The third-order valence-corrected chi connectivity index (χ3v) is 2.82. The summed E-state index contributed by atoms with van der Waals surface area (Å²) in [5.74, 6) is -0.783. The highest BCUT2D eigenvalue weighted by molar-refractivity contribution is 6.30. The van der Waals surface area contributed by atoms with E-state index in [1.165, 1.54) is 0 Å². The number of halogens is 1. The van der Waals surface area contributed by atoms with Crippen LogP contribution >= 0.6 is 11.6 Å². The van der Waals surface area contributed by atoms with Crippen molar-refractivity contribution < 1.29 is 9.59 Å². The molecule has 0 aliphatic rings. The lowest BCUT2D eigenvalue weighted by atomic mass is 10.2. The van der Waals surface area contributed by atoms with E-state index in [0.29, 0.717) is 16.3 Å². The molecule has 1 aromatic carbocycles. The zero-order valence-electron chi connectivity index (χ0n) is 10.2. The molecule has 1 heterocycles. The van der Waals surface area contributed by atoms with Crippen LogP contribution in [0.25, 0.3) is 0 Å². The highest BCUT2D eigenvalue weighted by atomic mass is 35.5. The fraction of sp³-hybridized carbons (Fsp3) is 0.0769. The van der Waals surface area contributed by atoms with Crippen molar-refractivity contribution >= 4 is 23.4 Å². The number of aryl methyl sites for hydroxylation is 1. The number of hydrogen-bond donors (Lipinski definition) is 2. The van der Waals surface area contributed by atoms with E-state index in [2.05, 4.69) is 10.9 Å². The number of hydrazine groups is 1. The second-order valence-corrected chi connectivity index (χ2v) is 4.36. The van der Waals surface area contributed by atoms with E-state index < -0.39 is 5.91 Å².